The van der Waals surface area contributed by atoms with Gasteiger partial charge in [0.25, 0.3) is 0 Å². The van der Waals surface area contributed by atoms with Gasteiger partial charge >= 0.3 is 0 Å². The molecule has 0 radical (unpaired) electrons. The first-order valence-electron chi connectivity index (χ1n) is 5.72. The highest BCUT2D eigenvalue weighted by Crippen LogP contribution is 2.28. The van der Waals surface area contributed by atoms with E-state index in [0.717, 1.165) is 6.42 Å². The van der Waals surface area contributed by atoms with Crippen molar-refractivity contribution < 1.29 is 18.9 Å². The Morgan fingerprint density at radius 1 is 1.47 bits per heavy atom. The zero-order valence-corrected chi connectivity index (χ0v) is 11.1. The van der Waals surface area contributed by atoms with Crippen LogP contribution in [-0.2, 0) is 4.79 Å². The molecule has 1 amide bonds. The van der Waals surface area contributed by atoms with Gasteiger partial charge in [-0.3, -0.25) is 14.4 Å². The monoisotopic (exact) mass is 280 g/mol. The number of carbonyl (C=O) groups is 3. The van der Waals surface area contributed by atoms with Gasteiger partial charge in [-0.05, 0) is 12.2 Å². The second kappa shape index (κ2) is 5.83. The van der Waals surface area contributed by atoms with E-state index in [1.54, 1.807) is 0 Å². The topological polar surface area (TPSA) is 89.3 Å². The summed E-state index contributed by atoms with van der Waals surface area (Å²) in [7, 11) is 0. The third-order valence-corrected chi connectivity index (χ3v) is 3.58. The number of allylic oxidation sites excluding steroid dienone is 2. The van der Waals surface area contributed by atoms with Crippen LogP contribution in [0.4, 0.5) is 0 Å². The molecule has 0 saturated heterocycles. The maximum absolute atomic E-state index is 12.0. The van der Waals surface area contributed by atoms with Crippen molar-refractivity contribution in [1.29, 1.82) is 0 Å². The maximum Gasteiger partial charge on any atom is 0.225 e. The lowest BCUT2D eigenvalue weighted by molar-refractivity contribution is -0.118. The number of thioether (sulfide) groups is 1. The molecule has 0 aromatic carbocycles. The Balaban J connectivity index is 1.90. The fourth-order valence-electron chi connectivity index (χ4n) is 1.59. The van der Waals surface area contributed by atoms with Gasteiger partial charge in [-0.1, -0.05) is 5.16 Å². The van der Waals surface area contributed by atoms with Crippen molar-refractivity contribution in [2.24, 2.45) is 0 Å². The molecule has 0 spiro atoms. The molecule has 1 N–H and O–H groups in total. The quantitative estimate of drug-likeness (QED) is 0.815. The molecular formula is C12H12N2O4S. The van der Waals surface area contributed by atoms with Gasteiger partial charge in [-0.25, -0.2) is 0 Å². The fourth-order valence-corrected chi connectivity index (χ4v) is 2.53. The van der Waals surface area contributed by atoms with Crippen LogP contribution in [0.1, 0.15) is 34.3 Å². The number of aromatic nitrogens is 1. The summed E-state index contributed by atoms with van der Waals surface area (Å²) in [6.07, 6.45) is 3.26. The zero-order chi connectivity index (χ0) is 13.8. The normalized spacial score (nSPS) is 14.1. The second-order valence-electron chi connectivity index (χ2n) is 3.96. The van der Waals surface area contributed by atoms with Gasteiger partial charge in [-0.15, -0.1) is 11.8 Å². The van der Waals surface area contributed by atoms with Crippen LogP contribution >= 0.6 is 11.8 Å². The predicted molar refractivity (Wildman–Crippen MR) is 69.0 cm³/mol. The Kier molecular flexibility index (Phi) is 4.16. The van der Waals surface area contributed by atoms with Crippen molar-refractivity contribution in [2.45, 2.75) is 13.3 Å². The van der Waals surface area contributed by atoms with E-state index >= 15 is 0 Å². The predicted octanol–water partition coefficient (Wildman–Crippen LogP) is 1.20. The Morgan fingerprint density at radius 2 is 2.26 bits per heavy atom. The summed E-state index contributed by atoms with van der Waals surface area (Å²) < 4.78 is 4.73. The van der Waals surface area contributed by atoms with Gasteiger partial charge in [0.1, 0.15) is 0 Å². The smallest absolute Gasteiger partial charge is 0.225 e. The minimum absolute atomic E-state index is 0.00703. The summed E-state index contributed by atoms with van der Waals surface area (Å²) in [5.74, 6) is -0.00200. The number of hydrogen-bond acceptors (Lipinski definition) is 6. The third-order valence-electron chi connectivity index (χ3n) is 2.48. The summed E-state index contributed by atoms with van der Waals surface area (Å²) in [4.78, 5) is 34.7. The molecule has 7 heteroatoms. The molecule has 0 saturated carbocycles. The van der Waals surface area contributed by atoms with E-state index in [4.69, 9.17) is 4.52 Å². The standard InChI is InChI=1S/C12H12N2O4S/c1-7(15)13-3-2-4-19-10-5-9(16)12-8(11(10)17)6-14-18-12/h5-6H,2-4H2,1H3,(H,13,15). The average molecular weight is 280 g/mol. The van der Waals surface area contributed by atoms with Gasteiger partial charge in [0.2, 0.25) is 23.2 Å². The first-order valence-corrected chi connectivity index (χ1v) is 6.71. The second-order valence-corrected chi connectivity index (χ2v) is 5.09. The van der Waals surface area contributed by atoms with Crippen LogP contribution in [0.3, 0.4) is 0 Å². The fraction of sp³-hybridized carbons (Fsp3) is 0.333. The van der Waals surface area contributed by atoms with Gasteiger partial charge in [0.05, 0.1) is 16.7 Å². The Labute approximate surface area is 113 Å². The van der Waals surface area contributed by atoms with Crippen molar-refractivity contribution >= 4 is 29.2 Å². The van der Waals surface area contributed by atoms with Crippen molar-refractivity contribution in [3.8, 4) is 0 Å². The molecule has 0 atom stereocenters. The first-order chi connectivity index (χ1) is 9.09. The maximum atomic E-state index is 12.0. The molecule has 100 valence electrons. The van der Waals surface area contributed by atoms with Gasteiger partial charge in [0.15, 0.2) is 0 Å². The van der Waals surface area contributed by atoms with E-state index in [0.29, 0.717) is 17.2 Å². The van der Waals surface area contributed by atoms with Crippen LogP contribution in [0.5, 0.6) is 0 Å². The van der Waals surface area contributed by atoms with E-state index in [2.05, 4.69) is 10.5 Å². The molecule has 1 aliphatic rings. The number of nitrogens with zero attached hydrogens (tertiary/aromatic N) is 1. The van der Waals surface area contributed by atoms with Gasteiger partial charge < -0.3 is 9.84 Å². The number of hydrogen-bond donors (Lipinski definition) is 1. The van der Waals surface area contributed by atoms with Crippen LogP contribution in [0, 0.1) is 0 Å². The average Bonchev–Trinajstić information content (AvgIpc) is 2.84. The van der Waals surface area contributed by atoms with Crippen molar-refractivity contribution in [2.75, 3.05) is 12.3 Å². The van der Waals surface area contributed by atoms with Crippen LogP contribution < -0.4 is 5.32 Å². The Morgan fingerprint density at radius 3 is 3.00 bits per heavy atom. The number of fused-ring (bicyclic) bond motifs is 1. The molecular weight excluding hydrogens is 268 g/mol. The molecule has 1 heterocycles. The molecule has 0 aliphatic heterocycles. The highest BCUT2D eigenvalue weighted by Gasteiger charge is 2.29. The number of carbonyl (C=O) groups excluding carboxylic acids is 3. The van der Waals surface area contributed by atoms with E-state index < -0.39 is 0 Å². The van der Waals surface area contributed by atoms with E-state index in [1.165, 1.54) is 31.0 Å². The molecule has 1 aromatic heterocycles. The minimum atomic E-state index is -0.337. The lowest BCUT2D eigenvalue weighted by Crippen LogP contribution is -2.21. The summed E-state index contributed by atoms with van der Waals surface area (Å²) in [6, 6.07) is 0. The van der Waals surface area contributed by atoms with E-state index in [1.807, 2.05) is 0 Å². The Hall–Kier alpha value is -1.89. The van der Waals surface area contributed by atoms with E-state index in [-0.39, 0.29) is 28.8 Å². The van der Waals surface area contributed by atoms with Crippen LogP contribution in [0.15, 0.2) is 21.7 Å². The lowest BCUT2D eigenvalue weighted by Gasteiger charge is -2.09. The third kappa shape index (κ3) is 3.11. The number of rotatable bonds is 5. The molecule has 1 aromatic rings. The SMILES string of the molecule is CC(=O)NCCCSC1=CC(=O)c2oncc2C1=O. The molecule has 0 fully saturated rings. The summed E-state index contributed by atoms with van der Waals surface area (Å²) in [5.41, 5.74) is 0.219. The molecule has 2 rings (SSSR count). The van der Waals surface area contributed by atoms with E-state index in [9.17, 15) is 14.4 Å². The van der Waals surface area contributed by atoms with Crippen LogP contribution in [0.25, 0.3) is 0 Å². The van der Waals surface area contributed by atoms with Crippen molar-refractivity contribution in [1.82, 2.24) is 10.5 Å². The summed E-state index contributed by atoms with van der Waals surface area (Å²) >= 11 is 1.30. The van der Waals surface area contributed by atoms with Gasteiger partial charge in [-0.2, -0.15) is 0 Å². The molecule has 1 aliphatic carbocycles. The molecule has 6 nitrogen and oxygen atoms in total. The van der Waals surface area contributed by atoms with Crippen LogP contribution in [0.2, 0.25) is 0 Å². The number of Topliss-reactive ketones (excluding diaryl/α,β-unsaturated/α-hetero) is 1. The van der Waals surface area contributed by atoms with Crippen LogP contribution in [-0.4, -0.2) is 34.9 Å². The molecule has 0 bridgehead atoms. The highest BCUT2D eigenvalue weighted by molar-refractivity contribution is 8.04. The molecule has 0 unspecified atom stereocenters. The largest absolute Gasteiger partial charge is 0.356 e. The highest BCUT2D eigenvalue weighted by atomic mass is 32.2. The zero-order valence-electron chi connectivity index (χ0n) is 10.3. The number of ketones is 2. The van der Waals surface area contributed by atoms with Crippen molar-refractivity contribution in [3.63, 3.8) is 0 Å². The Bertz CT molecular complexity index is 562. The summed E-state index contributed by atoms with van der Waals surface area (Å²) in [6.45, 7) is 2.00. The minimum Gasteiger partial charge on any atom is -0.356 e. The lowest BCUT2D eigenvalue weighted by atomic mass is 10.0. The summed E-state index contributed by atoms with van der Waals surface area (Å²) in [5, 5.41) is 6.13. The van der Waals surface area contributed by atoms with Crippen molar-refractivity contribution in [3.05, 3.63) is 28.5 Å². The number of amides is 1. The van der Waals surface area contributed by atoms with Gasteiger partial charge in [0, 0.05) is 19.5 Å². The molecule has 19 heavy (non-hydrogen) atoms. The first kappa shape index (κ1) is 13.5. The number of nitrogens with one attached hydrogen (secondary N) is 1.